The molecule has 0 saturated heterocycles. The highest BCUT2D eigenvalue weighted by Crippen LogP contribution is 2.28. The SMILES string of the molecule is O=C(O)C1Cc2[nH]ncc2N(C(=O)OCc2ccccc2)C1. The zero-order valence-electron chi connectivity index (χ0n) is 11.7. The highest BCUT2D eigenvalue weighted by molar-refractivity contribution is 5.90. The minimum absolute atomic E-state index is 0.0789. The summed E-state index contributed by atoms with van der Waals surface area (Å²) >= 11 is 0. The third kappa shape index (κ3) is 2.78. The lowest BCUT2D eigenvalue weighted by atomic mass is 9.98. The number of fused-ring (bicyclic) bond motifs is 1. The molecule has 0 radical (unpaired) electrons. The number of carboxylic acids is 1. The number of aliphatic carboxylic acids is 1. The van der Waals surface area contributed by atoms with Gasteiger partial charge in [0.05, 0.1) is 23.5 Å². The van der Waals surface area contributed by atoms with Crippen molar-refractivity contribution in [2.24, 2.45) is 5.92 Å². The van der Waals surface area contributed by atoms with Crippen LogP contribution in [0.4, 0.5) is 10.5 Å². The molecule has 22 heavy (non-hydrogen) atoms. The Balaban J connectivity index is 1.73. The van der Waals surface area contributed by atoms with Gasteiger partial charge in [-0.3, -0.25) is 14.8 Å². The standard InChI is InChI=1S/C15H15N3O4/c19-14(20)11-6-12-13(7-16-17-12)18(8-11)15(21)22-9-10-4-2-1-3-5-10/h1-5,7,11H,6,8-9H2,(H,16,17)(H,19,20). The first kappa shape index (κ1) is 14.1. The second-order valence-corrected chi connectivity index (χ2v) is 5.12. The fourth-order valence-corrected chi connectivity index (χ4v) is 2.45. The van der Waals surface area contributed by atoms with Crippen LogP contribution in [0.5, 0.6) is 0 Å². The first-order valence-corrected chi connectivity index (χ1v) is 6.88. The summed E-state index contributed by atoms with van der Waals surface area (Å²) in [7, 11) is 0. The molecule has 1 aromatic carbocycles. The highest BCUT2D eigenvalue weighted by atomic mass is 16.6. The summed E-state index contributed by atoms with van der Waals surface area (Å²) < 4.78 is 5.27. The first-order valence-electron chi connectivity index (χ1n) is 6.88. The predicted octanol–water partition coefficient (Wildman–Crippen LogP) is 1.81. The Labute approximate surface area is 126 Å². The Kier molecular flexibility index (Phi) is 3.78. The van der Waals surface area contributed by atoms with E-state index in [1.54, 1.807) is 0 Å². The number of benzene rings is 1. The number of amides is 1. The van der Waals surface area contributed by atoms with E-state index in [-0.39, 0.29) is 13.2 Å². The quantitative estimate of drug-likeness (QED) is 0.901. The average Bonchev–Trinajstić information content (AvgIpc) is 3.01. The predicted molar refractivity (Wildman–Crippen MR) is 77.4 cm³/mol. The third-order valence-corrected chi connectivity index (χ3v) is 3.61. The molecule has 0 bridgehead atoms. The lowest BCUT2D eigenvalue weighted by molar-refractivity contribution is -0.141. The molecule has 0 fully saturated rings. The number of rotatable bonds is 3. The number of ether oxygens (including phenoxy) is 1. The number of H-pyrrole nitrogens is 1. The zero-order chi connectivity index (χ0) is 15.5. The van der Waals surface area contributed by atoms with Gasteiger partial charge in [0.15, 0.2) is 0 Å². The molecular formula is C15H15N3O4. The van der Waals surface area contributed by atoms with Gasteiger partial charge in [0, 0.05) is 13.0 Å². The van der Waals surface area contributed by atoms with Crippen molar-refractivity contribution < 1.29 is 19.4 Å². The molecule has 3 rings (SSSR count). The van der Waals surface area contributed by atoms with Crippen molar-refractivity contribution in [3.8, 4) is 0 Å². The zero-order valence-corrected chi connectivity index (χ0v) is 11.7. The van der Waals surface area contributed by atoms with Crippen LogP contribution in [-0.2, 0) is 22.6 Å². The third-order valence-electron chi connectivity index (χ3n) is 3.61. The van der Waals surface area contributed by atoms with Crippen LogP contribution in [0.25, 0.3) is 0 Å². The molecule has 2 heterocycles. The molecule has 1 aliphatic rings. The minimum atomic E-state index is -0.943. The maximum atomic E-state index is 12.3. The Hall–Kier alpha value is -2.83. The van der Waals surface area contributed by atoms with E-state index in [1.165, 1.54) is 11.1 Å². The van der Waals surface area contributed by atoms with E-state index >= 15 is 0 Å². The maximum absolute atomic E-state index is 12.3. The lowest BCUT2D eigenvalue weighted by Crippen LogP contribution is -2.42. The van der Waals surface area contributed by atoms with Crippen molar-refractivity contribution in [2.45, 2.75) is 13.0 Å². The summed E-state index contributed by atoms with van der Waals surface area (Å²) in [4.78, 5) is 24.8. The van der Waals surface area contributed by atoms with Gasteiger partial charge in [-0.15, -0.1) is 0 Å². The molecule has 1 aromatic heterocycles. The number of carbonyl (C=O) groups is 2. The summed E-state index contributed by atoms with van der Waals surface area (Å²) in [6, 6.07) is 9.31. The molecule has 114 valence electrons. The summed E-state index contributed by atoms with van der Waals surface area (Å²) in [5.74, 6) is -1.61. The van der Waals surface area contributed by atoms with Gasteiger partial charge in [-0.25, -0.2) is 4.79 Å². The minimum Gasteiger partial charge on any atom is -0.481 e. The number of hydrogen-bond donors (Lipinski definition) is 2. The van der Waals surface area contributed by atoms with Crippen molar-refractivity contribution in [1.82, 2.24) is 10.2 Å². The second-order valence-electron chi connectivity index (χ2n) is 5.12. The number of aromatic amines is 1. The van der Waals surface area contributed by atoms with Crippen molar-refractivity contribution in [3.63, 3.8) is 0 Å². The Morgan fingerprint density at radius 1 is 1.36 bits per heavy atom. The van der Waals surface area contributed by atoms with Crippen molar-refractivity contribution in [2.75, 3.05) is 11.4 Å². The fraction of sp³-hybridized carbons (Fsp3) is 0.267. The Morgan fingerprint density at radius 2 is 2.14 bits per heavy atom. The Bertz CT molecular complexity index is 683. The fourth-order valence-electron chi connectivity index (χ4n) is 2.45. The van der Waals surface area contributed by atoms with E-state index in [0.717, 1.165) is 5.56 Å². The van der Waals surface area contributed by atoms with E-state index in [2.05, 4.69) is 10.2 Å². The van der Waals surface area contributed by atoms with E-state index < -0.39 is 18.0 Å². The number of hydrogen-bond acceptors (Lipinski definition) is 4. The van der Waals surface area contributed by atoms with Gasteiger partial charge < -0.3 is 9.84 Å². The van der Waals surface area contributed by atoms with Crippen molar-refractivity contribution in [3.05, 3.63) is 47.8 Å². The molecule has 1 atom stereocenters. The molecule has 1 aliphatic heterocycles. The normalized spacial score (nSPS) is 16.9. The second kappa shape index (κ2) is 5.88. The number of nitrogens with one attached hydrogen (secondary N) is 1. The highest BCUT2D eigenvalue weighted by Gasteiger charge is 2.34. The maximum Gasteiger partial charge on any atom is 0.414 e. The van der Waals surface area contributed by atoms with Gasteiger partial charge >= 0.3 is 12.1 Å². The van der Waals surface area contributed by atoms with Gasteiger partial charge in [-0.2, -0.15) is 5.10 Å². The summed E-state index contributed by atoms with van der Waals surface area (Å²) in [5, 5.41) is 15.8. The number of anilines is 1. The topological polar surface area (TPSA) is 95.5 Å². The molecule has 2 aromatic rings. The van der Waals surface area contributed by atoms with E-state index in [9.17, 15) is 14.7 Å². The van der Waals surface area contributed by atoms with Gasteiger partial charge in [-0.1, -0.05) is 30.3 Å². The molecule has 2 N–H and O–H groups in total. The molecular weight excluding hydrogens is 286 g/mol. The smallest absolute Gasteiger partial charge is 0.414 e. The monoisotopic (exact) mass is 301 g/mol. The van der Waals surface area contributed by atoms with Crippen LogP contribution in [0, 0.1) is 5.92 Å². The van der Waals surface area contributed by atoms with Gasteiger partial charge in [0.25, 0.3) is 0 Å². The average molecular weight is 301 g/mol. The lowest BCUT2D eigenvalue weighted by Gasteiger charge is -2.29. The van der Waals surface area contributed by atoms with Gasteiger partial charge in [0.1, 0.15) is 6.61 Å². The van der Waals surface area contributed by atoms with Gasteiger partial charge in [-0.05, 0) is 5.56 Å². The number of aromatic nitrogens is 2. The van der Waals surface area contributed by atoms with Crippen LogP contribution < -0.4 is 4.90 Å². The molecule has 0 saturated carbocycles. The first-order chi connectivity index (χ1) is 10.6. The van der Waals surface area contributed by atoms with Gasteiger partial charge in [0.2, 0.25) is 0 Å². The van der Waals surface area contributed by atoms with Crippen molar-refractivity contribution >= 4 is 17.7 Å². The van der Waals surface area contributed by atoms with Crippen LogP contribution >= 0.6 is 0 Å². The van der Waals surface area contributed by atoms with Crippen LogP contribution in [0.3, 0.4) is 0 Å². The molecule has 0 spiro atoms. The van der Waals surface area contributed by atoms with E-state index in [0.29, 0.717) is 17.8 Å². The van der Waals surface area contributed by atoms with Crippen LogP contribution in [-0.4, -0.2) is 33.9 Å². The number of carboxylic acid groups (broad SMARTS) is 1. The molecule has 1 unspecified atom stereocenters. The van der Waals surface area contributed by atoms with E-state index in [1.807, 2.05) is 30.3 Å². The largest absolute Gasteiger partial charge is 0.481 e. The molecule has 1 amide bonds. The van der Waals surface area contributed by atoms with Crippen LogP contribution in [0.1, 0.15) is 11.3 Å². The van der Waals surface area contributed by atoms with Crippen LogP contribution in [0.15, 0.2) is 36.5 Å². The molecule has 0 aliphatic carbocycles. The summed E-state index contributed by atoms with van der Waals surface area (Å²) in [6.45, 7) is 0.219. The Morgan fingerprint density at radius 3 is 2.86 bits per heavy atom. The number of carbonyl (C=O) groups excluding carboxylic acids is 1. The molecule has 7 nitrogen and oxygen atoms in total. The summed E-state index contributed by atoms with van der Waals surface area (Å²) in [6.07, 6.45) is 1.27. The summed E-state index contributed by atoms with van der Waals surface area (Å²) in [5.41, 5.74) is 2.08. The molecule has 7 heteroatoms. The number of nitrogens with zero attached hydrogens (tertiary/aromatic N) is 2. The van der Waals surface area contributed by atoms with Crippen LogP contribution in [0.2, 0.25) is 0 Å². The van der Waals surface area contributed by atoms with E-state index in [4.69, 9.17) is 4.74 Å². The van der Waals surface area contributed by atoms with Crippen molar-refractivity contribution in [1.29, 1.82) is 0 Å².